The Morgan fingerprint density at radius 2 is 1.94 bits per heavy atom. The molecule has 1 aromatic heterocycles. The SMILES string of the molecule is CC(Nc1ccc2ccccc2c1)c1ncn[nH]1. The Kier molecular flexibility index (Phi) is 2.68. The van der Waals surface area contributed by atoms with Gasteiger partial charge in [-0.2, -0.15) is 5.10 Å². The molecular weight excluding hydrogens is 224 g/mol. The lowest BCUT2D eigenvalue weighted by atomic mass is 10.1. The van der Waals surface area contributed by atoms with Gasteiger partial charge in [0, 0.05) is 5.69 Å². The van der Waals surface area contributed by atoms with E-state index >= 15 is 0 Å². The molecule has 1 unspecified atom stereocenters. The van der Waals surface area contributed by atoms with Crippen molar-refractivity contribution in [2.75, 3.05) is 5.32 Å². The van der Waals surface area contributed by atoms with Crippen LogP contribution < -0.4 is 5.32 Å². The molecule has 2 N–H and O–H groups in total. The summed E-state index contributed by atoms with van der Waals surface area (Å²) in [5, 5.41) is 12.6. The van der Waals surface area contributed by atoms with Gasteiger partial charge < -0.3 is 5.32 Å². The first-order valence-electron chi connectivity index (χ1n) is 5.93. The monoisotopic (exact) mass is 238 g/mol. The van der Waals surface area contributed by atoms with Gasteiger partial charge in [0.2, 0.25) is 0 Å². The van der Waals surface area contributed by atoms with Crippen LogP contribution in [0.3, 0.4) is 0 Å². The van der Waals surface area contributed by atoms with Crippen LogP contribution in [0.25, 0.3) is 10.8 Å². The molecule has 2 aromatic carbocycles. The standard InChI is InChI=1S/C14H14N4/c1-10(14-15-9-16-18-14)17-13-7-6-11-4-2-3-5-12(11)8-13/h2-10,17H,1H3,(H,15,16,18). The molecule has 0 saturated heterocycles. The van der Waals surface area contributed by atoms with Gasteiger partial charge in [0.15, 0.2) is 0 Å². The Balaban J connectivity index is 1.86. The van der Waals surface area contributed by atoms with Gasteiger partial charge in [0.25, 0.3) is 0 Å². The predicted molar refractivity (Wildman–Crippen MR) is 72.4 cm³/mol. The normalized spacial score (nSPS) is 12.5. The van der Waals surface area contributed by atoms with Crippen molar-refractivity contribution in [1.29, 1.82) is 0 Å². The summed E-state index contributed by atoms with van der Waals surface area (Å²) in [6.07, 6.45) is 1.52. The zero-order chi connectivity index (χ0) is 12.4. The third kappa shape index (κ3) is 2.05. The molecule has 1 heterocycles. The summed E-state index contributed by atoms with van der Waals surface area (Å²) < 4.78 is 0. The number of anilines is 1. The third-order valence-corrected chi connectivity index (χ3v) is 2.98. The predicted octanol–water partition coefficient (Wildman–Crippen LogP) is 3.13. The van der Waals surface area contributed by atoms with Crippen molar-refractivity contribution in [2.45, 2.75) is 13.0 Å². The summed E-state index contributed by atoms with van der Waals surface area (Å²) in [4.78, 5) is 4.15. The Morgan fingerprint density at radius 3 is 2.72 bits per heavy atom. The summed E-state index contributed by atoms with van der Waals surface area (Å²) in [6, 6.07) is 14.8. The first-order chi connectivity index (χ1) is 8.83. The summed E-state index contributed by atoms with van der Waals surface area (Å²) in [5.74, 6) is 0.836. The molecule has 4 nitrogen and oxygen atoms in total. The second-order valence-corrected chi connectivity index (χ2v) is 4.30. The van der Waals surface area contributed by atoms with Crippen LogP contribution in [-0.4, -0.2) is 15.2 Å². The average Bonchev–Trinajstić information content (AvgIpc) is 2.92. The number of fused-ring (bicyclic) bond motifs is 1. The van der Waals surface area contributed by atoms with Gasteiger partial charge in [-0.25, -0.2) is 4.98 Å². The number of H-pyrrole nitrogens is 1. The van der Waals surface area contributed by atoms with Gasteiger partial charge in [-0.1, -0.05) is 30.3 Å². The minimum absolute atomic E-state index is 0.105. The highest BCUT2D eigenvalue weighted by Crippen LogP contribution is 2.21. The van der Waals surface area contributed by atoms with E-state index in [2.05, 4.69) is 57.8 Å². The number of aromatic nitrogens is 3. The third-order valence-electron chi connectivity index (χ3n) is 2.98. The van der Waals surface area contributed by atoms with E-state index in [0.717, 1.165) is 11.5 Å². The first kappa shape index (κ1) is 10.8. The van der Waals surface area contributed by atoms with Crippen molar-refractivity contribution < 1.29 is 0 Å². The smallest absolute Gasteiger partial charge is 0.146 e. The van der Waals surface area contributed by atoms with Crippen LogP contribution in [0.5, 0.6) is 0 Å². The highest BCUT2D eigenvalue weighted by Gasteiger charge is 2.07. The Hall–Kier alpha value is -2.36. The molecule has 0 amide bonds. The van der Waals surface area contributed by atoms with Gasteiger partial charge in [-0.3, -0.25) is 5.10 Å². The Morgan fingerprint density at radius 1 is 1.11 bits per heavy atom. The average molecular weight is 238 g/mol. The minimum atomic E-state index is 0.105. The van der Waals surface area contributed by atoms with Gasteiger partial charge in [0.05, 0.1) is 6.04 Å². The maximum Gasteiger partial charge on any atom is 0.146 e. The molecule has 4 heteroatoms. The lowest BCUT2D eigenvalue weighted by molar-refractivity contribution is 0.796. The van der Waals surface area contributed by atoms with E-state index in [1.807, 2.05) is 12.1 Å². The van der Waals surface area contributed by atoms with E-state index in [4.69, 9.17) is 0 Å². The largest absolute Gasteiger partial charge is 0.375 e. The molecular formula is C14H14N4. The first-order valence-corrected chi connectivity index (χ1v) is 5.93. The maximum absolute atomic E-state index is 4.15. The number of hydrogen-bond acceptors (Lipinski definition) is 3. The quantitative estimate of drug-likeness (QED) is 0.737. The van der Waals surface area contributed by atoms with Crippen molar-refractivity contribution in [3.05, 3.63) is 54.6 Å². The zero-order valence-electron chi connectivity index (χ0n) is 10.1. The molecule has 0 saturated carbocycles. The zero-order valence-corrected chi connectivity index (χ0v) is 10.1. The van der Waals surface area contributed by atoms with Gasteiger partial charge in [-0.15, -0.1) is 0 Å². The van der Waals surface area contributed by atoms with Crippen LogP contribution in [0.15, 0.2) is 48.8 Å². The number of hydrogen-bond donors (Lipinski definition) is 2. The van der Waals surface area contributed by atoms with E-state index in [-0.39, 0.29) is 6.04 Å². The topological polar surface area (TPSA) is 53.6 Å². The molecule has 0 aliphatic rings. The Bertz CT molecular complexity index is 646. The van der Waals surface area contributed by atoms with Crippen LogP contribution in [0.1, 0.15) is 18.8 Å². The molecule has 90 valence electrons. The van der Waals surface area contributed by atoms with Crippen molar-refractivity contribution in [3.8, 4) is 0 Å². The number of benzene rings is 2. The molecule has 3 aromatic rings. The number of rotatable bonds is 3. The van der Waals surface area contributed by atoms with Crippen LogP contribution in [0.2, 0.25) is 0 Å². The number of nitrogens with one attached hydrogen (secondary N) is 2. The van der Waals surface area contributed by atoms with Gasteiger partial charge in [-0.05, 0) is 29.8 Å². The lowest BCUT2D eigenvalue weighted by Crippen LogP contribution is -2.08. The minimum Gasteiger partial charge on any atom is -0.375 e. The van der Waals surface area contributed by atoms with E-state index < -0.39 is 0 Å². The molecule has 1 atom stereocenters. The molecule has 3 rings (SSSR count). The maximum atomic E-state index is 4.15. The van der Waals surface area contributed by atoms with Crippen molar-refractivity contribution in [2.24, 2.45) is 0 Å². The van der Waals surface area contributed by atoms with E-state index in [1.54, 1.807) is 0 Å². The van der Waals surface area contributed by atoms with Gasteiger partial charge >= 0.3 is 0 Å². The second-order valence-electron chi connectivity index (χ2n) is 4.30. The fourth-order valence-electron chi connectivity index (χ4n) is 2.02. The highest BCUT2D eigenvalue weighted by atomic mass is 15.2. The van der Waals surface area contributed by atoms with Crippen LogP contribution in [-0.2, 0) is 0 Å². The molecule has 0 aliphatic carbocycles. The molecule has 0 radical (unpaired) electrons. The molecule has 0 fully saturated rings. The fraction of sp³-hybridized carbons (Fsp3) is 0.143. The number of aromatic amines is 1. The van der Waals surface area contributed by atoms with E-state index in [9.17, 15) is 0 Å². The lowest BCUT2D eigenvalue weighted by Gasteiger charge is -2.13. The fourth-order valence-corrected chi connectivity index (χ4v) is 2.02. The van der Waals surface area contributed by atoms with E-state index in [0.29, 0.717) is 0 Å². The van der Waals surface area contributed by atoms with Gasteiger partial charge in [0.1, 0.15) is 12.2 Å². The van der Waals surface area contributed by atoms with Crippen molar-refractivity contribution >= 4 is 16.5 Å². The molecule has 0 bridgehead atoms. The van der Waals surface area contributed by atoms with Crippen molar-refractivity contribution in [1.82, 2.24) is 15.2 Å². The molecule has 18 heavy (non-hydrogen) atoms. The highest BCUT2D eigenvalue weighted by molar-refractivity contribution is 5.85. The summed E-state index contributed by atoms with van der Waals surface area (Å²) in [7, 11) is 0. The Labute approximate surface area is 105 Å². The van der Waals surface area contributed by atoms with E-state index in [1.165, 1.54) is 17.1 Å². The summed E-state index contributed by atoms with van der Waals surface area (Å²) in [6.45, 7) is 2.05. The number of nitrogens with zero attached hydrogens (tertiary/aromatic N) is 2. The second kappa shape index (κ2) is 4.49. The summed E-state index contributed by atoms with van der Waals surface area (Å²) >= 11 is 0. The van der Waals surface area contributed by atoms with Crippen LogP contribution in [0, 0.1) is 0 Å². The molecule has 0 spiro atoms. The van der Waals surface area contributed by atoms with Crippen molar-refractivity contribution in [3.63, 3.8) is 0 Å². The molecule has 0 aliphatic heterocycles. The summed E-state index contributed by atoms with van der Waals surface area (Å²) in [5.41, 5.74) is 1.08. The van der Waals surface area contributed by atoms with Crippen LogP contribution in [0.4, 0.5) is 5.69 Å². The van der Waals surface area contributed by atoms with Crippen LogP contribution >= 0.6 is 0 Å².